The first-order valence-corrected chi connectivity index (χ1v) is 15.9. The number of nitrogens with zero attached hydrogens (tertiary/aromatic N) is 3. The lowest BCUT2D eigenvalue weighted by atomic mass is 9.94. The lowest BCUT2D eigenvalue weighted by Gasteiger charge is -2.22. The van der Waals surface area contributed by atoms with Crippen LogP contribution in [0, 0.1) is 0 Å². The van der Waals surface area contributed by atoms with E-state index in [-0.39, 0.29) is 28.1 Å². The number of amides is 1. The maximum absolute atomic E-state index is 13.6. The number of aliphatic hydroxyl groups excluding tert-OH is 1. The Morgan fingerprint density at radius 1 is 1.09 bits per heavy atom. The number of anilines is 1. The number of ether oxygens (including phenoxy) is 2. The van der Waals surface area contributed by atoms with Crippen molar-refractivity contribution in [2.45, 2.75) is 35.6 Å². The van der Waals surface area contributed by atoms with Gasteiger partial charge in [0.25, 0.3) is 5.78 Å². The van der Waals surface area contributed by atoms with Gasteiger partial charge in [-0.3, -0.25) is 14.5 Å². The number of carbonyl (C=O) groups excluding carboxylic acids is 3. The molecule has 1 amide bonds. The van der Waals surface area contributed by atoms with Gasteiger partial charge in [-0.05, 0) is 66.1 Å². The molecule has 3 aromatic carbocycles. The molecule has 4 aromatic rings. The fourth-order valence-electron chi connectivity index (χ4n) is 5.13. The van der Waals surface area contributed by atoms with Gasteiger partial charge in [-0.15, -0.1) is 10.2 Å². The largest absolute Gasteiger partial charge is 0.507 e. The van der Waals surface area contributed by atoms with Crippen LogP contribution in [-0.2, 0) is 26.5 Å². The van der Waals surface area contributed by atoms with Gasteiger partial charge in [0.1, 0.15) is 17.6 Å². The Labute approximate surface area is 270 Å². The highest BCUT2D eigenvalue weighted by atomic mass is 35.5. The van der Waals surface area contributed by atoms with Crippen molar-refractivity contribution >= 4 is 74.9 Å². The Bertz CT molecular complexity index is 1840. The second-order valence-corrected chi connectivity index (χ2v) is 13.1. The van der Waals surface area contributed by atoms with Gasteiger partial charge in [-0.25, -0.2) is 4.79 Å². The molecule has 1 saturated heterocycles. The number of halogens is 2. The molecule has 0 bridgehead atoms. The summed E-state index contributed by atoms with van der Waals surface area (Å²) in [5, 5.41) is 21.2. The quantitative estimate of drug-likeness (QED) is 0.0562. The monoisotopic (exact) mass is 667 g/mol. The zero-order valence-corrected chi connectivity index (χ0v) is 26.4. The number of Topliss-reactive ketones (excluding diaryl/α,β-unsaturated/α-hetero) is 1. The van der Waals surface area contributed by atoms with E-state index in [1.807, 2.05) is 13.0 Å². The fraction of sp³-hybridized carbons (Fsp3) is 0.194. The number of hydrogen-bond donors (Lipinski definition) is 1. The van der Waals surface area contributed by atoms with Crippen LogP contribution >= 0.6 is 46.3 Å². The molecule has 224 valence electrons. The van der Waals surface area contributed by atoms with Crippen LogP contribution in [0.3, 0.4) is 0 Å². The molecule has 3 heterocycles. The molecule has 1 aromatic heterocycles. The van der Waals surface area contributed by atoms with Crippen molar-refractivity contribution < 1.29 is 29.0 Å². The Balaban J connectivity index is 1.39. The van der Waals surface area contributed by atoms with E-state index < -0.39 is 23.7 Å². The van der Waals surface area contributed by atoms with E-state index in [1.54, 1.807) is 42.5 Å². The number of thioether (sulfide) groups is 1. The van der Waals surface area contributed by atoms with Crippen LogP contribution in [0.25, 0.3) is 5.76 Å². The second-order valence-electron chi connectivity index (χ2n) is 10.1. The van der Waals surface area contributed by atoms with E-state index in [9.17, 15) is 19.5 Å². The SMILES string of the molecule is COC(=O)c1ccc([C@H]2/C(=C(\O)c3ccc4c(c3)C[C@@H](C)O4)C(=O)C(=O)N2c2nnc(SCc3ccc(Cl)cc3Cl)s2)cc1. The van der Waals surface area contributed by atoms with E-state index in [0.29, 0.717) is 43.4 Å². The number of ketones is 1. The summed E-state index contributed by atoms with van der Waals surface area (Å²) in [5.74, 6) is -1.41. The van der Waals surface area contributed by atoms with E-state index in [2.05, 4.69) is 10.2 Å². The molecular weight excluding hydrogens is 645 g/mol. The van der Waals surface area contributed by atoms with Gasteiger partial charge in [0.2, 0.25) is 5.13 Å². The normalized spacial score (nSPS) is 18.8. The van der Waals surface area contributed by atoms with Crippen LogP contribution in [0.15, 0.2) is 70.6 Å². The first-order chi connectivity index (χ1) is 21.1. The van der Waals surface area contributed by atoms with Gasteiger partial charge in [-0.1, -0.05) is 64.5 Å². The molecule has 0 radical (unpaired) electrons. The molecule has 13 heteroatoms. The third-order valence-corrected chi connectivity index (χ3v) is 9.92. The topological polar surface area (TPSA) is 119 Å². The highest BCUT2D eigenvalue weighted by Gasteiger charge is 2.48. The molecule has 1 N–H and O–H groups in total. The summed E-state index contributed by atoms with van der Waals surface area (Å²) in [4.78, 5) is 40.5. The lowest BCUT2D eigenvalue weighted by Crippen LogP contribution is -2.29. The molecule has 0 aliphatic carbocycles. The predicted octanol–water partition coefficient (Wildman–Crippen LogP) is 6.87. The van der Waals surface area contributed by atoms with Crippen LogP contribution < -0.4 is 9.64 Å². The van der Waals surface area contributed by atoms with Crippen LogP contribution in [0.5, 0.6) is 5.75 Å². The van der Waals surface area contributed by atoms with Crippen molar-refractivity contribution in [1.82, 2.24) is 10.2 Å². The first kappa shape index (κ1) is 30.1. The first-order valence-electron chi connectivity index (χ1n) is 13.3. The van der Waals surface area contributed by atoms with E-state index in [4.69, 9.17) is 32.7 Å². The summed E-state index contributed by atoms with van der Waals surface area (Å²) in [6.45, 7) is 1.95. The smallest absolute Gasteiger partial charge is 0.337 e. The Morgan fingerprint density at radius 2 is 1.84 bits per heavy atom. The zero-order valence-electron chi connectivity index (χ0n) is 23.2. The molecule has 0 spiro atoms. The minimum absolute atomic E-state index is 0.0125. The van der Waals surface area contributed by atoms with Gasteiger partial charge < -0.3 is 14.6 Å². The highest BCUT2D eigenvalue weighted by molar-refractivity contribution is 8.00. The van der Waals surface area contributed by atoms with E-state index in [0.717, 1.165) is 22.5 Å². The predicted molar refractivity (Wildman–Crippen MR) is 169 cm³/mol. The summed E-state index contributed by atoms with van der Waals surface area (Å²) in [6, 6.07) is 15.6. The van der Waals surface area contributed by atoms with Gasteiger partial charge >= 0.3 is 11.9 Å². The number of fused-ring (bicyclic) bond motifs is 1. The average Bonchev–Trinajstić information content (AvgIpc) is 3.70. The Hall–Kier alpha value is -3.90. The Morgan fingerprint density at radius 3 is 2.57 bits per heavy atom. The van der Waals surface area contributed by atoms with Crippen molar-refractivity contribution in [2.75, 3.05) is 12.0 Å². The van der Waals surface area contributed by atoms with E-state index >= 15 is 0 Å². The number of benzene rings is 3. The Kier molecular flexibility index (Phi) is 8.38. The summed E-state index contributed by atoms with van der Waals surface area (Å²) in [5.41, 5.74) is 2.78. The molecule has 9 nitrogen and oxygen atoms in total. The van der Waals surface area contributed by atoms with Crippen molar-refractivity contribution in [1.29, 1.82) is 0 Å². The van der Waals surface area contributed by atoms with Crippen molar-refractivity contribution in [2.24, 2.45) is 0 Å². The van der Waals surface area contributed by atoms with Gasteiger partial charge in [0, 0.05) is 27.8 Å². The molecule has 1 fully saturated rings. The minimum atomic E-state index is -1.04. The second kappa shape index (κ2) is 12.2. The maximum atomic E-state index is 13.6. The number of aliphatic hydroxyl groups is 1. The number of rotatable bonds is 7. The number of aromatic nitrogens is 2. The third-order valence-electron chi connectivity index (χ3n) is 7.23. The number of hydrogen-bond acceptors (Lipinski definition) is 10. The molecule has 0 saturated carbocycles. The summed E-state index contributed by atoms with van der Waals surface area (Å²) in [6.07, 6.45) is 0.636. The van der Waals surface area contributed by atoms with Crippen LogP contribution in [0.2, 0.25) is 10.0 Å². The third kappa shape index (κ3) is 5.68. The number of methoxy groups -OCH3 is 1. The van der Waals surface area contributed by atoms with Gasteiger partial charge in [0.05, 0.1) is 24.3 Å². The average molecular weight is 669 g/mol. The lowest BCUT2D eigenvalue weighted by molar-refractivity contribution is -0.132. The number of carbonyl (C=O) groups is 3. The van der Waals surface area contributed by atoms with Gasteiger partial charge in [0.15, 0.2) is 4.34 Å². The number of esters is 1. The maximum Gasteiger partial charge on any atom is 0.337 e. The van der Waals surface area contributed by atoms with Gasteiger partial charge in [-0.2, -0.15) is 0 Å². The molecule has 2 aliphatic rings. The molecule has 2 aliphatic heterocycles. The zero-order chi connectivity index (χ0) is 31.1. The minimum Gasteiger partial charge on any atom is -0.507 e. The molecule has 0 unspecified atom stereocenters. The fourth-order valence-corrected chi connectivity index (χ4v) is 7.55. The van der Waals surface area contributed by atoms with Crippen LogP contribution in [0.4, 0.5) is 5.13 Å². The van der Waals surface area contributed by atoms with Crippen molar-refractivity contribution in [3.63, 3.8) is 0 Å². The van der Waals surface area contributed by atoms with Crippen molar-refractivity contribution in [3.05, 3.63) is 104 Å². The molecule has 44 heavy (non-hydrogen) atoms. The molecule has 6 rings (SSSR count). The summed E-state index contributed by atoms with van der Waals surface area (Å²) >= 11 is 14.8. The van der Waals surface area contributed by atoms with Crippen molar-refractivity contribution in [3.8, 4) is 5.75 Å². The highest BCUT2D eigenvalue weighted by Crippen LogP contribution is 2.45. The summed E-state index contributed by atoms with van der Waals surface area (Å²) in [7, 11) is 1.28. The molecule has 2 atom stereocenters. The van der Waals surface area contributed by atoms with Crippen LogP contribution in [-0.4, -0.2) is 46.2 Å². The molecular formula is C31H23Cl2N3O6S2. The van der Waals surface area contributed by atoms with Crippen LogP contribution in [0.1, 0.15) is 45.6 Å². The summed E-state index contributed by atoms with van der Waals surface area (Å²) < 4.78 is 11.1. The standard InChI is InChI=1S/C31H23Cl2N3O6S2/c1-15-11-20-12-18(8-10-23(20)42-15)26(37)24-25(16-3-5-17(6-4-16)29(40)41-2)36(28(39)27(24)38)30-34-35-31(44-30)43-14-19-7-9-21(32)13-22(19)33/h3-10,12-13,15,25,37H,11,14H2,1-2H3/b26-24+/t15-,25+/m1/s1. The van der Waals surface area contributed by atoms with E-state index in [1.165, 1.54) is 35.9 Å².